The summed E-state index contributed by atoms with van der Waals surface area (Å²) in [6.45, 7) is 3.48. The maximum Gasteiger partial charge on any atom is 0.331 e. The summed E-state index contributed by atoms with van der Waals surface area (Å²) in [4.78, 5) is 14.5. The average Bonchev–Trinajstić information content (AvgIpc) is 1.96. The van der Waals surface area contributed by atoms with Crippen LogP contribution >= 0.6 is 0 Å². The van der Waals surface area contributed by atoms with Gasteiger partial charge in [0.25, 0.3) is 0 Å². The SMILES string of the molecule is CCCCCC=NOC(C)=O. The zero-order valence-electron chi connectivity index (χ0n) is 7.17. The minimum atomic E-state index is -0.364. The van der Waals surface area contributed by atoms with E-state index in [1.54, 1.807) is 6.21 Å². The second-order valence-electron chi connectivity index (χ2n) is 2.37. The number of rotatable bonds is 5. The van der Waals surface area contributed by atoms with Crippen molar-refractivity contribution in [2.45, 2.75) is 39.5 Å². The molecule has 0 aromatic carbocycles. The molecule has 0 radical (unpaired) electrons. The van der Waals surface area contributed by atoms with Crippen LogP contribution in [0, 0.1) is 0 Å². The van der Waals surface area contributed by atoms with Crippen molar-refractivity contribution in [1.29, 1.82) is 0 Å². The van der Waals surface area contributed by atoms with Crippen molar-refractivity contribution in [3.05, 3.63) is 0 Å². The minimum Gasteiger partial charge on any atom is -0.319 e. The first-order chi connectivity index (χ1) is 5.27. The Balaban J connectivity index is 3.10. The molecule has 0 amide bonds. The molecule has 0 atom stereocenters. The van der Waals surface area contributed by atoms with Gasteiger partial charge in [-0.3, -0.25) is 0 Å². The molecule has 3 nitrogen and oxygen atoms in total. The zero-order chi connectivity index (χ0) is 8.53. The Labute approximate surface area is 67.4 Å². The molecule has 0 aliphatic heterocycles. The molecule has 64 valence electrons. The predicted molar refractivity (Wildman–Crippen MR) is 44.4 cm³/mol. The van der Waals surface area contributed by atoms with Gasteiger partial charge < -0.3 is 4.84 Å². The smallest absolute Gasteiger partial charge is 0.319 e. The molecular formula is C8H15NO2. The second kappa shape index (κ2) is 7.25. The summed E-state index contributed by atoms with van der Waals surface area (Å²) < 4.78 is 0. The van der Waals surface area contributed by atoms with Crippen LogP contribution in [0.2, 0.25) is 0 Å². The van der Waals surface area contributed by atoms with Crippen LogP contribution in [0.5, 0.6) is 0 Å². The summed E-state index contributed by atoms with van der Waals surface area (Å²) in [5, 5.41) is 3.47. The zero-order valence-corrected chi connectivity index (χ0v) is 7.17. The van der Waals surface area contributed by atoms with Crippen LogP contribution in [0.4, 0.5) is 0 Å². The van der Waals surface area contributed by atoms with Gasteiger partial charge in [0.15, 0.2) is 0 Å². The lowest BCUT2D eigenvalue weighted by Gasteiger charge is -1.90. The highest BCUT2D eigenvalue weighted by molar-refractivity contribution is 5.67. The van der Waals surface area contributed by atoms with E-state index in [0.717, 1.165) is 12.8 Å². The molecule has 0 saturated heterocycles. The summed E-state index contributed by atoms with van der Waals surface area (Å²) in [7, 11) is 0. The minimum absolute atomic E-state index is 0.364. The van der Waals surface area contributed by atoms with E-state index in [0.29, 0.717) is 0 Å². The summed E-state index contributed by atoms with van der Waals surface area (Å²) in [5.41, 5.74) is 0. The predicted octanol–water partition coefficient (Wildman–Crippen LogP) is 2.12. The van der Waals surface area contributed by atoms with E-state index in [4.69, 9.17) is 0 Å². The van der Waals surface area contributed by atoms with Gasteiger partial charge in [-0.25, -0.2) is 4.79 Å². The molecule has 0 rings (SSSR count). The van der Waals surface area contributed by atoms with E-state index in [1.165, 1.54) is 19.8 Å². The number of unbranched alkanes of at least 4 members (excludes halogenated alkanes) is 3. The Kier molecular flexibility index (Phi) is 6.68. The highest BCUT2D eigenvalue weighted by atomic mass is 16.7. The van der Waals surface area contributed by atoms with Crippen molar-refractivity contribution in [2.75, 3.05) is 0 Å². The van der Waals surface area contributed by atoms with Crippen LogP contribution in [-0.2, 0) is 9.63 Å². The molecule has 0 bridgehead atoms. The van der Waals surface area contributed by atoms with E-state index in [1.807, 2.05) is 0 Å². The fraction of sp³-hybridized carbons (Fsp3) is 0.750. The summed E-state index contributed by atoms with van der Waals surface area (Å²) in [5.74, 6) is -0.364. The van der Waals surface area contributed by atoms with E-state index >= 15 is 0 Å². The van der Waals surface area contributed by atoms with E-state index in [9.17, 15) is 4.79 Å². The van der Waals surface area contributed by atoms with Gasteiger partial charge in [-0.05, 0) is 12.8 Å². The van der Waals surface area contributed by atoms with Crippen LogP contribution in [0.3, 0.4) is 0 Å². The molecule has 0 unspecified atom stereocenters. The van der Waals surface area contributed by atoms with Gasteiger partial charge in [0.1, 0.15) is 0 Å². The topological polar surface area (TPSA) is 38.7 Å². The number of oxime groups is 1. The van der Waals surface area contributed by atoms with Gasteiger partial charge in [0.2, 0.25) is 0 Å². The highest BCUT2D eigenvalue weighted by Gasteiger charge is 1.86. The largest absolute Gasteiger partial charge is 0.331 e. The molecule has 0 spiro atoms. The third-order valence-electron chi connectivity index (χ3n) is 1.19. The lowest BCUT2D eigenvalue weighted by molar-refractivity contribution is -0.140. The Morgan fingerprint density at radius 1 is 1.55 bits per heavy atom. The van der Waals surface area contributed by atoms with Crippen molar-refractivity contribution >= 4 is 12.2 Å². The van der Waals surface area contributed by atoms with E-state index in [-0.39, 0.29) is 5.97 Å². The first-order valence-corrected chi connectivity index (χ1v) is 3.96. The quantitative estimate of drug-likeness (QED) is 0.265. The molecule has 3 heteroatoms. The molecule has 11 heavy (non-hydrogen) atoms. The molecule has 0 aliphatic carbocycles. The fourth-order valence-electron chi connectivity index (χ4n) is 0.650. The summed E-state index contributed by atoms with van der Waals surface area (Å²) in [6, 6.07) is 0. The van der Waals surface area contributed by atoms with Crippen molar-refractivity contribution in [1.82, 2.24) is 0 Å². The van der Waals surface area contributed by atoms with Crippen LogP contribution in [0.15, 0.2) is 5.16 Å². The number of hydrogen-bond donors (Lipinski definition) is 0. The third kappa shape index (κ3) is 9.14. The third-order valence-corrected chi connectivity index (χ3v) is 1.19. The lowest BCUT2D eigenvalue weighted by Crippen LogP contribution is -1.90. The van der Waals surface area contributed by atoms with Crippen LogP contribution in [0.1, 0.15) is 39.5 Å². The van der Waals surface area contributed by atoms with Gasteiger partial charge in [0, 0.05) is 13.1 Å². The van der Waals surface area contributed by atoms with Crippen LogP contribution < -0.4 is 0 Å². The Bertz CT molecular complexity index is 132. The Hall–Kier alpha value is -0.860. The van der Waals surface area contributed by atoms with Gasteiger partial charge in [-0.1, -0.05) is 24.9 Å². The van der Waals surface area contributed by atoms with Crippen molar-refractivity contribution in [2.24, 2.45) is 5.16 Å². The molecule has 0 fully saturated rings. The second-order valence-corrected chi connectivity index (χ2v) is 2.37. The van der Waals surface area contributed by atoms with Gasteiger partial charge in [-0.15, -0.1) is 0 Å². The molecule has 0 heterocycles. The summed E-state index contributed by atoms with van der Waals surface area (Å²) in [6.07, 6.45) is 6.03. The fourth-order valence-corrected chi connectivity index (χ4v) is 0.650. The monoisotopic (exact) mass is 157 g/mol. The van der Waals surface area contributed by atoms with Crippen LogP contribution in [-0.4, -0.2) is 12.2 Å². The molecule has 0 aromatic heterocycles. The van der Waals surface area contributed by atoms with E-state index < -0.39 is 0 Å². The van der Waals surface area contributed by atoms with Gasteiger partial charge >= 0.3 is 5.97 Å². The standard InChI is InChI=1S/C8H15NO2/c1-3-4-5-6-7-9-11-8(2)10/h7H,3-6H2,1-2H3. The first-order valence-electron chi connectivity index (χ1n) is 3.96. The maximum absolute atomic E-state index is 10.2. The summed E-state index contributed by atoms with van der Waals surface area (Å²) >= 11 is 0. The Morgan fingerprint density at radius 2 is 2.27 bits per heavy atom. The maximum atomic E-state index is 10.2. The molecule has 0 saturated carbocycles. The Morgan fingerprint density at radius 3 is 2.82 bits per heavy atom. The van der Waals surface area contributed by atoms with Gasteiger partial charge in [0.05, 0.1) is 0 Å². The normalized spacial score (nSPS) is 10.4. The number of nitrogens with zero attached hydrogens (tertiary/aromatic N) is 1. The number of carbonyl (C=O) groups is 1. The van der Waals surface area contributed by atoms with E-state index in [2.05, 4.69) is 16.9 Å². The number of carbonyl (C=O) groups excluding carboxylic acids is 1. The van der Waals surface area contributed by atoms with Gasteiger partial charge in [-0.2, -0.15) is 0 Å². The van der Waals surface area contributed by atoms with Crippen LogP contribution in [0.25, 0.3) is 0 Å². The molecule has 0 aliphatic rings. The highest BCUT2D eigenvalue weighted by Crippen LogP contribution is 1.95. The molecular weight excluding hydrogens is 142 g/mol. The van der Waals surface area contributed by atoms with Crippen molar-refractivity contribution in [3.63, 3.8) is 0 Å². The van der Waals surface area contributed by atoms with Crippen molar-refractivity contribution in [3.8, 4) is 0 Å². The first kappa shape index (κ1) is 10.1. The average molecular weight is 157 g/mol. The molecule has 0 N–H and O–H groups in total. The lowest BCUT2D eigenvalue weighted by atomic mass is 10.2. The number of hydrogen-bond acceptors (Lipinski definition) is 3. The molecule has 0 aromatic rings. The van der Waals surface area contributed by atoms with Crippen molar-refractivity contribution < 1.29 is 9.63 Å².